The van der Waals surface area contributed by atoms with E-state index < -0.39 is 11.7 Å². The van der Waals surface area contributed by atoms with Gasteiger partial charge in [-0.1, -0.05) is 12.0 Å². The van der Waals surface area contributed by atoms with Crippen molar-refractivity contribution in [3.05, 3.63) is 23.9 Å². The van der Waals surface area contributed by atoms with Crippen LogP contribution in [-0.4, -0.2) is 23.2 Å². The highest BCUT2D eigenvalue weighted by Crippen LogP contribution is 2.06. The van der Waals surface area contributed by atoms with Crippen LogP contribution in [0.15, 0.2) is 18.2 Å². The third-order valence-corrected chi connectivity index (χ3v) is 1.83. The van der Waals surface area contributed by atoms with Gasteiger partial charge in [0.25, 0.3) is 0 Å². The van der Waals surface area contributed by atoms with Gasteiger partial charge in [-0.25, -0.2) is 15.6 Å². The summed E-state index contributed by atoms with van der Waals surface area (Å²) < 4.78 is 5.07. The van der Waals surface area contributed by atoms with Crippen LogP contribution in [0.1, 0.15) is 26.5 Å². The minimum Gasteiger partial charge on any atom is -0.444 e. The minimum absolute atomic E-state index is 0.191. The van der Waals surface area contributed by atoms with Gasteiger partial charge in [-0.3, -0.25) is 0 Å². The predicted molar refractivity (Wildman–Crippen MR) is 73.2 cm³/mol. The molecule has 0 fully saturated rings. The molecule has 0 aliphatic heterocycles. The Hall–Kier alpha value is -2.26. The van der Waals surface area contributed by atoms with Crippen molar-refractivity contribution < 1.29 is 9.53 Å². The molecule has 0 atom stereocenters. The number of hydrogen-bond donors (Lipinski definition) is 3. The van der Waals surface area contributed by atoms with Crippen molar-refractivity contribution >= 4 is 11.9 Å². The lowest BCUT2D eigenvalue weighted by atomic mass is 10.2. The van der Waals surface area contributed by atoms with Crippen molar-refractivity contribution in [1.82, 2.24) is 10.3 Å². The number of anilines is 1. The van der Waals surface area contributed by atoms with Crippen LogP contribution >= 0.6 is 0 Å². The number of hydrogen-bond acceptors (Lipinski definition) is 5. The largest absolute Gasteiger partial charge is 0.444 e. The highest BCUT2D eigenvalue weighted by Gasteiger charge is 2.14. The van der Waals surface area contributed by atoms with E-state index in [2.05, 4.69) is 27.6 Å². The molecule has 4 N–H and O–H groups in total. The standard InChI is InChI=1S/C13H18N4O2/c1-13(2,3)19-12(18)15-9-5-7-10-6-4-8-11(16-10)17-14/h4,6,8H,9,14H2,1-3H3,(H,15,18)(H,16,17). The molecule has 0 aliphatic carbocycles. The lowest BCUT2D eigenvalue weighted by Crippen LogP contribution is -2.32. The summed E-state index contributed by atoms with van der Waals surface area (Å²) in [7, 11) is 0. The first-order valence-corrected chi connectivity index (χ1v) is 5.80. The first kappa shape index (κ1) is 14.8. The quantitative estimate of drug-likeness (QED) is 0.424. The number of ether oxygens (including phenoxy) is 1. The Morgan fingerprint density at radius 2 is 2.21 bits per heavy atom. The van der Waals surface area contributed by atoms with E-state index in [0.29, 0.717) is 11.5 Å². The number of alkyl carbamates (subject to hydrolysis) is 1. The summed E-state index contributed by atoms with van der Waals surface area (Å²) in [5.74, 6) is 11.4. The molecule has 0 radical (unpaired) electrons. The number of pyridine rings is 1. The second kappa shape index (κ2) is 6.61. The Morgan fingerprint density at radius 1 is 1.47 bits per heavy atom. The van der Waals surface area contributed by atoms with E-state index in [-0.39, 0.29) is 6.54 Å². The maximum Gasteiger partial charge on any atom is 0.408 e. The first-order chi connectivity index (χ1) is 8.90. The van der Waals surface area contributed by atoms with Crippen LogP contribution in [0.4, 0.5) is 10.6 Å². The summed E-state index contributed by atoms with van der Waals surface area (Å²) in [5, 5.41) is 2.54. The maximum absolute atomic E-state index is 11.3. The smallest absolute Gasteiger partial charge is 0.408 e. The van der Waals surface area contributed by atoms with Gasteiger partial charge in [0.2, 0.25) is 0 Å². The monoisotopic (exact) mass is 262 g/mol. The molecule has 0 aromatic carbocycles. The predicted octanol–water partition coefficient (Wildman–Crippen LogP) is 1.24. The van der Waals surface area contributed by atoms with E-state index >= 15 is 0 Å². The molecule has 19 heavy (non-hydrogen) atoms. The van der Waals surface area contributed by atoms with Gasteiger partial charge in [-0.15, -0.1) is 0 Å². The molecule has 1 rings (SSSR count). The van der Waals surface area contributed by atoms with Crippen LogP contribution in [0.2, 0.25) is 0 Å². The molecule has 102 valence electrons. The first-order valence-electron chi connectivity index (χ1n) is 5.80. The number of aromatic nitrogens is 1. The maximum atomic E-state index is 11.3. The number of nitrogens with one attached hydrogen (secondary N) is 2. The fourth-order valence-electron chi connectivity index (χ4n) is 1.15. The summed E-state index contributed by atoms with van der Waals surface area (Å²) in [6.45, 7) is 5.59. The topological polar surface area (TPSA) is 89.3 Å². The summed E-state index contributed by atoms with van der Waals surface area (Å²) in [5.41, 5.74) is 2.49. The summed E-state index contributed by atoms with van der Waals surface area (Å²) in [6.07, 6.45) is -0.493. The fraction of sp³-hybridized carbons (Fsp3) is 0.385. The molecule has 0 saturated carbocycles. The van der Waals surface area contributed by atoms with Crippen LogP contribution in [-0.2, 0) is 4.74 Å². The molecule has 0 aliphatic rings. The Labute approximate surface area is 112 Å². The molecule has 0 spiro atoms. The molecular formula is C13H18N4O2. The van der Waals surface area contributed by atoms with Crippen molar-refractivity contribution in [2.45, 2.75) is 26.4 Å². The van der Waals surface area contributed by atoms with Gasteiger partial charge in [0.15, 0.2) is 0 Å². The van der Waals surface area contributed by atoms with Gasteiger partial charge in [0.1, 0.15) is 17.1 Å². The van der Waals surface area contributed by atoms with E-state index in [4.69, 9.17) is 10.6 Å². The van der Waals surface area contributed by atoms with Gasteiger partial charge in [0.05, 0.1) is 6.54 Å². The second-order valence-corrected chi connectivity index (χ2v) is 4.71. The molecular weight excluding hydrogens is 244 g/mol. The molecule has 0 unspecified atom stereocenters. The molecule has 1 heterocycles. The van der Waals surface area contributed by atoms with Crippen LogP contribution in [0.25, 0.3) is 0 Å². The molecule has 6 heteroatoms. The Kier molecular flexibility index (Phi) is 5.15. The molecule has 1 aromatic rings. The number of carbonyl (C=O) groups is 1. The van der Waals surface area contributed by atoms with Crippen molar-refractivity contribution in [2.24, 2.45) is 5.84 Å². The molecule has 0 bridgehead atoms. The van der Waals surface area contributed by atoms with E-state index in [1.54, 1.807) is 39.0 Å². The van der Waals surface area contributed by atoms with Crippen molar-refractivity contribution in [3.63, 3.8) is 0 Å². The van der Waals surface area contributed by atoms with Crippen LogP contribution in [0.3, 0.4) is 0 Å². The number of amides is 1. The van der Waals surface area contributed by atoms with Gasteiger partial charge in [-0.05, 0) is 38.8 Å². The zero-order valence-corrected chi connectivity index (χ0v) is 11.3. The summed E-state index contributed by atoms with van der Waals surface area (Å²) in [4.78, 5) is 15.4. The average Bonchev–Trinajstić information content (AvgIpc) is 2.33. The highest BCUT2D eigenvalue weighted by atomic mass is 16.6. The van der Waals surface area contributed by atoms with E-state index in [0.717, 1.165) is 0 Å². The molecule has 1 amide bonds. The number of nitrogens with zero attached hydrogens (tertiary/aromatic N) is 1. The fourth-order valence-corrected chi connectivity index (χ4v) is 1.15. The lowest BCUT2D eigenvalue weighted by Gasteiger charge is -2.18. The van der Waals surface area contributed by atoms with Crippen LogP contribution < -0.4 is 16.6 Å². The Balaban J connectivity index is 2.45. The summed E-state index contributed by atoms with van der Waals surface area (Å²) >= 11 is 0. The number of rotatable bonds is 2. The normalized spacial score (nSPS) is 10.1. The van der Waals surface area contributed by atoms with Crippen molar-refractivity contribution in [2.75, 3.05) is 12.0 Å². The average molecular weight is 262 g/mol. The van der Waals surface area contributed by atoms with Crippen molar-refractivity contribution in [1.29, 1.82) is 0 Å². The van der Waals surface area contributed by atoms with E-state index in [1.807, 2.05) is 0 Å². The lowest BCUT2D eigenvalue weighted by molar-refractivity contribution is 0.0535. The number of nitrogen functional groups attached to an aromatic ring is 1. The van der Waals surface area contributed by atoms with Gasteiger partial charge < -0.3 is 15.5 Å². The molecule has 1 aromatic heterocycles. The SMILES string of the molecule is CC(C)(C)OC(=O)NCC#Cc1cccc(NN)n1. The Bertz CT molecular complexity index is 497. The highest BCUT2D eigenvalue weighted by molar-refractivity contribution is 5.68. The third kappa shape index (κ3) is 6.29. The van der Waals surface area contributed by atoms with Crippen LogP contribution in [0.5, 0.6) is 0 Å². The Morgan fingerprint density at radius 3 is 2.84 bits per heavy atom. The minimum atomic E-state index is -0.514. The van der Waals surface area contributed by atoms with E-state index in [9.17, 15) is 4.79 Å². The number of hydrazine groups is 1. The van der Waals surface area contributed by atoms with Gasteiger partial charge in [-0.2, -0.15) is 0 Å². The second-order valence-electron chi connectivity index (χ2n) is 4.71. The van der Waals surface area contributed by atoms with Crippen molar-refractivity contribution in [3.8, 4) is 11.8 Å². The molecule has 6 nitrogen and oxygen atoms in total. The third-order valence-electron chi connectivity index (χ3n) is 1.83. The summed E-state index contributed by atoms with van der Waals surface area (Å²) in [6, 6.07) is 5.26. The zero-order valence-electron chi connectivity index (χ0n) is 11.3. The van der Waals surface area contributed by atoms with E-state index in [1.165, 1.54) is 0 Å². The molecule has 0 saturated heterocycles. The number of carbonyl (C=O) groups excluding carboxylic acids is 1. The van der Waals surface area contributed by atoms with Gasteiger partial charge >= 0.3 is 6.09 Å². The zero-order chi connectivity index (χ0) is 14.3. The van der Waals surface area contributed by atoms with Gasteiger partial charge in [0, 0.05) is 0 Å². The number of nitrogens with two attached hydrogens (primary N) is 1. The van der Waals surface area contributed by atoms with Crippen LogP contribution in [0, 0.1) is 11.8 Å².